The van der Waals surface area contributed by atoms with Crippen LogP contribution in [0, 0.1) is 16.7 Å². The summed E-state index contributed by atoms with van der Waals surface area (Å²) in [6.07, 6.45) is 7.18. The molecule has 1 aliphatic heterocycles. The lowest BCUT2D eigenvalue weighted by atomic mass is 9.70. The largest absolute Gasteiger partial charge is 0.460 e. The van der Waals surface area contributed by atoms with Gasteiger partial charge in [0.05, 0.1) is 10.8 Å². The van der Waals surface area contributed by atoms with Crippen molar-refractivity contribution in [3.63, 3.8) is 0 Å². The lowest BCUT2D eigenvalue weighted by Gasteiger charge is -2.33. The third-order valence-corrected chi connectivity index (χ3v) is 5.84. The molecule has 0 amide bonds. The topological polar surface area (TPSA) is 43.4 Å². The number of ether oxygens (including phenoxy) is 1. The summed E-state index contributed by atoms with van der Waals surface area (Å²) < 4.78 is 5.72. The Balaban J connectivity index is 1.87. The Morgan fingerprint density at radius 3 is 2.68 bits per heavy atom. The monoisotopic (exact) mass is 258 g/mol. The van der Waals surface area contributed by atoms with E-state index in [4.69, 9.17) is 4.74 Å². The Hall–Kier alpha value is -1.38. The zero-order chi connectivity index (χ0) is 13.4. The Labute approximate surface area is 112 Å². The van der Waals surface area contributed by atoms with Crippen LogP contribution in [0.1, 0.15) is 39.5 Å². The van der Waals surface area contributed by atoms with E-state index in [0.29, 0.717) is 0 Å². The van der Waals surface area contributed by atoms with Crippen molar-refractivity contribution in [2.45, 2.75) is 45.6 Å². The third-order valence-electron chi connectivity index (χ3n) is 5.84. The van der Waals surface area contributed by atoms with Gasteiger partial charge in [-0.25, -0.2) is 0 Å². The van der Waals surface area contributed by atoms with Gasteiger partial charge in [0.25, 0.3) is 0 Å². The van der Waals surface area contributed by atoms with Gasteiger partial charge in [-0.05, 0) is 51.2 Å². The van der Waals surface area contributed by atoms with Gasteiger partial charge < -0.3 is 4.74 Å². The van der Waals surface area contributed by atoms with E-state index in [0.717, 1.165) is 31.3 Å². The summed E-state index contributed by atoms with van der Waals surface area (Å²) in [6, 6.07) is 0. The molecule has 0 unspecified atom stereocenters. The fourth-order valence-electron chi connectivity index (χ4n) is 4.44. The number of carbonyl (C=O) groups excluding carboxylic acids is 2. The Morgan fingerprint density at radius 1 is 1.26 bits per heavy atom. The van der Waals surface area contributed by atoms with Crippen LogP contribution < -0.4 is 0 Å². The molecule has 1 saturated carbocycles. The molecule has 0 aromatic rings. The van der Waals surface area contributed by atoms with Crippen LogP contribution in [0.5, 0.6) is 0 Å². The van der Waals surface area contributed by atoms with Gasteiger partial charge >= 0.3 is 5.97 Å². The summed E-state index contributed by atoms with van der Waals surface area (Å²) in [4.78, 5) is 24.6. The number of rotatable bonds is 0. The van der Waals surface area contributed by atoms with Gasteiger partial charge in [-0.3, -0.25) is 9.59 Å². The average molecular weight is 258 g/mol. The van der Waals surface area contributed by atoms with Crippen molar-refractivity contribution in [3.05, 3.63) is 23.3 Å². The Kier molecular flexibility index (Phi) is 1.93. The highest BCUT2D eigenvalue weighted by atomic mass is 16.6. The molecule has 19 heavy (non-hydrogen) atoms. The number of hydrogen-bond acceptors (Lipinski definition) is 3. The van der Waals surface area contributed by atoms with Crippen LogP contribution in [0.15, 0.2) is 23.3 Å². The molecule has 0 aromatic carbocycles. The van der Waals surface area contributed by atoms with E-state index in [2.05, 4.69) is 6.92 Å². The summed E-state index contributed by atoms with van der Waals surface area (Å²) in [5.41, 5.74) is 1.50. The van der Waals surface area contributed by atoms with E-state index in [-0.39, 0.29) is 29.2 Å². The molecule has 3 atom stereocenters. The van der Waals surface area contributed by atoms with Crippen molar-refractivity contribution in [1.82, 2.24) is 0 Å². The molecular weight excluding hydrogens is 240 g/mol. The molecule has 3 nitrogen and oxygen atoms in total. The van der Waals surface area contributed by atoms with Crippen molar-refractivity contribution >= 4 is 11.8 Å². The highest BCUT2D eigenvalue weighted by Crippen LogP contribution is 2.65. The second kappa shape index (κ2) is 3.20. The molecule has 0 N–H and O–H groups in total. The van der Waals surface area contributed by atoms with Gasteiger partial charge in [-0.1, -0.05) is 11.6 Å². The van der Waals surface area contributed by atoms with Crippen molar-refractivity contribution in [2.75, 3.05) is 0 Å². The van der Waals surface area contributed by atoms with E-state index in [1.165, 1.54) is 5.57 Å². The fraction of sp³-hybridized carbons (Fsp3) is 0.625. The second-order valence-electron chi connectivity index (χ2n) is 6.72. The smallest absolute Gasteiger partial charge is 0.312 e. The second-order valence-corrected chi connectivity index (χ2v) is 6.72. The van der Waals surface area contributed by atoms with E-state index in [1.807, 2.05) is 13.0 Å². The summed E-state index contributed by atoms with van der Waals surface area (Å²) in [5.74, 6) is 0.271. The van der Waals surface area contributed by atoms with Gasteiger partial charge in [0, 0.05) is 5.92 Å². The number of carbonyl (C=O) groups is 2. The molecule has 1 heterocycles. The first-order valence-corrected chi connectivity index (χ1v) is 7.14. The molecule has 3 heteroatoms. The highest BCUT2D eigenvalue weighted by Gasteiger charge is 2.69. The third kappa shape index (κ3) is 1.15. The molecule has 3 aliphatic carbocycles. The predicted octanol–water partition coefficient (Wildman–Crippen LogP) is 2.56. The molecule has 4 aliphatic rings. The molecule has 0 bridgehead atoms. The average Bonchev–Trinajstić information content (AvgIpc) is 3.06. The van der Waals surface area contributed by atoms with Crippen LogP contribution in [0.2, 0.25) is 0 Å². The summed E-state index contributed by atoms with van der Waals surface area (Å²) in [5, 5.41) is 0. The SMILES string of the molecule is CC1=C2C=CC(=O)[C@@]2(C)[C@@H]2OC(=O)C3(CC3)[C@@H]2CC1. The van der Waals surface area contributed by atoms with Crippen LogP contribution >= 0.6 is 0 Å². The summed E-state index contributed by atoms with van der Waals surface area (Å²) in [6.45, 7) is 4.07. The van der Waals surface area contributed by atoms with Crippen molar-refractivity contribution in [3.8, 4) is 0 Å². The van der Waals surface area contributed by atoms with Crippen molar-refractivity contribution < 1.29 is 14.3 Å². The molecule has 4 rings (SSSR count). The van der Waals surface area contributed by atoms with E-state index in [9.17, 15) is 9.59 Å². The number of hydrogen-bond donors (Lipinski definition) is 0. The van der Waals surface area contributed by atoms with Gasteiger partial charge in [-0.2, -0.15) is 0 Å². The maximum Gasteiger partial charge on any atom is 0.312 e. The molecule has 0 aromatic heterocycles. The standard InChI is InChI=1S/C16H18O3/c1-9-3-4-11-13(19-14(18)16(11)7-8-16)15(2)10(9)5-6-12(15)17/h5-6,11,13H,3-4,7-8H2,1-2H3/t11-,13-,15+/m1/s1. The molecule has 2 fully saturated rings. The molecule has 100 valence electrons. The van der Waals surface area contributed by atoms with Gasteiger partial charge in [0.15, 0.2) is 5.78 Å². The maximum atomic E-state index is 12.4. The first kappa shape index (κ1) is 11.4. The van der Waals surface area contributed by atoms with Gasteiger partial charge in [0.2, 0.25) is 0 Å². The first-order chi connectivity index (χ1) is 9.00. The number of ketones is 1. The van der Waals surface area contributed by atoms with Crippen LogP contribution in [0.25, 0.3) is 0 Å². The lowest BCUT2D eigenvalue weighted by Crippen LogP contribution is -2.41. The predicted molar refractivity (Wildman–Crippen MR) is 69.2 cm³/mol. The van der Waals surface area contributed by atoms with E-state index in [1.54, 1.807) is 6.08 Å². The Morgan fingerprint density at radius 2 is 2.00 bits per heavy atom. The number of fused-ring (bicyclic) bond motifs is 4. The lowest BCUT2D eigenvalue weighted by molar-refractivity contribution is -0.149. The molecule has 1 spiro atoms. The van der Waals surface area contributed by atoms with Crippen molar-refractivity contribution in [1.29, 1.82) is 0 Å². The van der Waals surface area contributed by atoms with Crippen LogP contribution in [0.3, 0.4) is 0 Å². The summed E-state index contributed by atoms with van der Waals surface area (Å²) in [7, 11) is 0. The minimum atomic E-state index is -0.632. The van der Waals surface area contributed by atoms with Crippen LogP contribution in [-0.2, 0) is 14.3 Å². The minimum Gasteiger partial charge on any atom is -0.460 e. The number of esters is 1. The van der Waals surface area contributed by atoms with Gasteiger partial charge in [-0.15, -0.1) is 0 Å². The zero-order valence-corrected chi connectivity index (χ0v) is 11.4. The van der Waals surface area contributed by atoms with E-state index < -0.39 is 5.41 Å². The molecular formula is C16H18O3. The van der Waals surface area contributed by atoms with Gasteiger partial charge in [0.1, 0.15) is 6.10 Å². The fourth-order valence-corrected chi connectivity index (χ4v) is 4.44. The normalized spacial score (nSPS) is 42.2. The first-order valence-electron chi connectivity index (χ1n) is 7.14. The van der Waals surface area contributed by atoms with E-state index >= 15 is 0 Å². The zero-order valence-electron chi connectivity index (χ0n) is 11.4. The molecule has 1 saturated heterocycles. The number of allylic oxidation sites excluding steroid dienone is 3. The highest BCUT2D eigenvalue weighted by molar-refractivity contribution is 6.03. The van der Waals surface area contributed by atoms with Crippen LogP contribution in [-0.4, -0.2) is 17.9 Å². The minimum absolute atomic E-state index is 0.0534. The summed E-state index contributed by atoms with van der Waals surface area (Å²) >= 11 is 0. The van der Waals surface area contributed by atoms with Crippen LogP contribution in [0.4, 0.5) is 0 Å². The Bertz CT molecular complexity index is 565. The molecule has 0 radical (unpaired) electrons. The van der Waals surface area contributed by atoms with Crippen molar-refractivity contribution in [2.24, 2.45) is 16.7 Å². The quantitative estimate of drug-likeness (QED) is 0.627. The maximum absolute atomic E-state index is 12.4.